The number of likely N-dealkylation sites (N-methyl/N-ethyl adjacent to an activating group) is 1. The van der Waals surface area contributed by atoms with Gasteiger partial charge in [-0.15, -0.1) is 0 Å². The molecule has 1 saturated carbocycles. The molecule has 0 bridgehead atoms. The summed E-state index contributed by atoms with van der Waals surface area (Å²) in [5.41, 5.74) is 0. The monoisotopic (exact) mass is 226 g/mol. The van der Waals surface area contributed by atoms with Gasteiger partial charge in [0.15, 0.2) is 0 Å². The molecule has 1 aliphatic heterocycles. The van der Waals surface area contributed by atoms with Crippen LogP contribution in [0.1, 0.15) is 38.5 Å². The summed E-state index contributed by atoms with van der Waals surface area (Å²) in [5.74, 6) is 0.169. The molecule has 2 fully saturated rings. The zero-order valence-corrected chi connectivity index (χ0v) is 9.98. The number of nitrogens with zero attached hydrogens (tertiary/aromatic N) is 1. The van der Waals surface area contributed by atoms with Crippen molar-refractivity contribution in [3.05, 3.63) is 0 Å². The van der Waals surface area contributed by atoms with Gasteiger partial charge in [0, 0.05) is 25.0 Å². The summed E-state index contributed by atoms with van der Waals surface area (Å²) < 4.78 is 0. The number of hydrogen-bond acceptors (Lipinski definition) is 3. The fourth-order valence-electron chi connectivity index (χ4n) is 2.90. The Kier molecular flexibility index (Phi) is 3.82. The van der Waals surface area contributed by atoms with Gasteiger partial charge in [-0.05, 0) is 26.3 Å². The molecule has 1 heterocycles. The van der Waals surface area contributed by atoms with Crippen molar-refractivity contribution in [2.75, 3.05) is 13.6 Å². The Labute approximate surface area is 97.0 Å². The van der Waals surface area contributed by atoms with Crippen LogP contribution in [-0.2, 0) is 4.79 Å². The normalized spacial score (nSPS) is 35.4. The van der Waals surface area contributed by atoms with Crippen molar-refractivity contribution in [3.63, 3.8) is 0 Å². The van der Waals surface area contributed by atoms with Gasteiger partial charge in [-0.2, -0.15) is 0 Å². The highest BCUT2D eigenvalue weighted by Gasteiger charge is 2.29. The quantitative estimate of drug-likeness (QED) is 0.737. The van der Waals surface area contributed by atoms with Crippen LogP contribution in [0.3, 0.4) is 0 Å². The smallest absolute Gasteiger partial charge is 0.220 e. The van der Waals surface area contributed by atoms with Gasteiger partial charge in [-0.3, -0.25) is 9.69 Å². The maximum atomic E-state index is 11.1. The second kappa shape index (κ2) is 5.15. The Morgan fingerprint density at radius 3 is 2.75 bits per heavy atom. The molecule has 0 aromatic carbocycles. The molecule has 4 nitrogen and oxygen atoms in total. The lowest BCUT2D eigenvalue weighted by Crippen LogP contribution is -2.48. The van der Waals surface area contributed by atoms with Crippen LogP contribution in [0.4, 0.5) is 0 Å². The molecule has 2 N–H and O–H groups in total. The molecule has 1 saturated heterocycles. The summed E-state index contributed by atoms with van der Waals surface area (Å²) in [5, 5.41) is 12.9. The summed E-state index contributed by atoms with van der Waals surface area (Å²) >= 11 is 0. The molecular formula is C12H22N2O2. The van der Waals surface area contributed by atoms with Crippen molar-refractivity contribution in [2.24, 2.45) is 0 Å². The zero-order chi connectivity index (χ0) is 11.5. The lowest BCUT2D eigenvalue weighted by molar-refractivity contribution is -0.119. The molecular weight excluding hydrogens is 204 g/mol. The third-order valence-corrected chi connectivity index (χ3v) is 3.85. The Morgan fingerprint density at radius 2 is 2.12 bits per heavy atom. The van der Waals surface area contributed by atoms with E-state index in [0.717, 1.165) is 32.2 Å². The average Bonchev–Trinajstić information content (AvgIpc) is 2.64. The second-order valence-electron chi connectivity index (χ2n) is 5.16. The lowest BCUT2D eigenvalue weighted by Gasteiger charge is -2.36. The van der Waals surface area contributed by atoms with Gasteiger partial charge < -0.3 is 10.4 Å². The van der Waals surface area contributed by atoms with Crippen molar-refractivity contribution >= 4 is 5.91 Å². The van der Waals surface area contributed by atoms with Crippen LogP contribution in [-0.4, -0.2) is 47.7 Å². The van der Waals surface area contributed by atoms with E-state index >= 15 is 0 Å². The highest BCUT2D eigenvalue weighted by Crippen LogP contribution is 2.23. The number of nitrogens with one attached hydrogen (secondary N) is 1. The van der Waals surface area contributed by atoms with E-state index in [4.69, 9.17) is 0 Å². The van der Waals surface area contributed by atoms with E-state index in [2.05, 4.69) is 17.3 Å². The molecule has 0 aromatic heterocycles. The minimum Gasteiger partial charge on any atom is -0.391 e. The van der Waals surface area contributed by atoms with Crippen LogP contribution in [0.2, 0.25) is 0 Å². The first-order chi connectivity index (χ1) is 7.66. The number of carbonyl (C=O) groups excluding carboxylic acids is 1. The fraction of sp³-hybridized carbons (Fsp3) is 0.917. The number of amides is 1. The highest BCUT2D eigenvalue weighted by atomic mass is 16.3. The molecule has 4 heteroatoms. The number of rotatable bonds is 3. The van der Waals surface area contributed by atoms with Crippen molar-refractivity contribution in [1.29, 1.82) is 0 Å². The van der Waals surface area contributed by atoms with E-state index in [1.807, 2.05) is 0 Å². The zero-order valence-electron chi connectivity index (χ0n) is 9.98. The summed E-state index contributed by atoms with van der Waals surface area (Å²) in [6.07, 6.45) is 5.77. The molecule has 2 aliphatic rings. The molecule has 0 radical (unpaired) electrons. The first-order valence-corrected chi connectivity index (χ1v) is 6.34. The van der Waals surface area contributed by atoms with Crippen molar-refractivity contribution < 1.29 is 9.90 Å². The van der Waals surface area contributed by atoms with Crippen LogP contribution in [0, 0.1) is 0 Å². The molecule has 16 heavy (non-hydrogen) atoms. The minimum atomic E-state index is -0.184. The maximum absolute atomic E-state index is 11.1. The van der Waals surface area contributed by atoms with Crippen molar-refractivity contribution in [1.82, 2.24) is 10.2 Å². The number of aliphatic hydroxyl groups is 1. The Hall–Kier alpha value is -0.610. The molecule has 1 amide bonds. The Bertz CT molecular complexity index is 257. The van der Waals surface area contributed by atoms with Crippen LogP contribution >= 0.6 is 0 Å². The van der Waals surface area contributed by atoms with Gasteiger partial charge in [0.1, 0.15) is 0 Å². The summed E-state index contributed by atoms with van der Waals surface area (Å²) in [6.45, 7) is 0.869. The predicted octanol–water partition coefficient (Wildman–Crippen LogP) is 0.500. The van der Waals surface area contributed by atoms with Gasteiger partial charge in [0.2, 0.25) is 5.91 Å². The topological polar surface area (TPSA) is 52.6 Å². The van der Waals surface area contributed by atoms with E-state index in [1.165, 1.54) is 6.42 Å². The third kappa shape index (κ3) is 2.74. The number of aliphatic hydroxyl groups excluding tert-OH is 1. The van der Waals surface area contributed by atoms with Gasteiger partial charge >= 0.3 is 0 Å². The summed E-state index contributed by atoms with van der Waals surface area (Å²) in [4.78, 5) is 13.3. The van der Waals surface area contributed by atoms with E-state index in [0.29, 0.717) is 6.42 Å². The first-order valence-electron chi connectivity index (χ1n) is 6.34. The molecule has 0 spiro atoms. The molecule has 2 rings (SSSR count). The van der Waals surface area contributed by atoms with Crippen molar-refractivity contribution in [2.45, 2.75) is 56.7 Å². The minimum absolute atomic E-state index is 0.169. The predicted molar refractivity (Wildman–Crippen MR) is 62.1 cm³/mol. The maximum Gasteiger partial charge on any atom is 0.220 e. The highest BCUT2D eigenvalue weighted by molar-refractivity contribution is 5.78. The molecule has 1 aliphatic carbocycles. The van der Waals surface area contributed by atoms with Gasteiger partial charge in [-0.1, -0.05) is 12.8 Å². The van der Waals surface area contributed by atoms with E-state index < -0.39 is 0 Å². The first kappa shape index (κ1) is 11.9. The molecule has 3 unspecified atom stereocenters. The average molecular weight is 226 g/mol. The van der Waals surface area contributed by atoms with Gasteiger partial charge in [0.05, 0.1) is 6.10 Å². The standard InChI is InChI=1S/C12H22N2O2/c1-14(8-9-6-7-12(16)13-9)10-4-2-3-5-11(10)15/h9-11,15H,2-8H2,1H3,(H,13,16). The largest absolute Gasteiger partial charge is 0.391 e. The third-order valence-electron chi connectivity index (χ3n) is 3.85. The summed E-state index contributed by atoms with van der Waals surface area (Å²) in [6, 6.07) is 0.567. The van der Waals surface area contributed by atoms with Crippen LogP contribution in [0.5, 0.6) is 0 Å². The van der Waals surface area contributed by atoms with Crippen LogP contribution < -0.4 is 5.32 Å². The van der Waals surface area contributed by atoms with Crippen molar-refractivity contribution in [3.8, 4) is 0 Å². The Balaban J connectivity index is 1.82. The van der Waals surface area contributed by atoms with Crippen LogP contribution in [0.15, 0.2) is 0 Å². The lowest BCUT2D eigenvalue weighted by atomic mass is 9.91. The van der Waals surface area contributed by atoms with E-state index in [-0.39, 0.29) is 24.1 Å². The summed E-state index contributed by atoms with van der Waals surface area (Å²) in [7, 11) is 2.06. The molecule has 0 aromatic rings. The van der Waals surface area contributed by atoms with Crippen LogP contribution in [0.25, 0.3) is 0 Å². The molecule has 3 atom stereocenters. The van der Waals surface area contributed by atoms with Gasteiger partial charge in [-0.25, -0.2) is 0 Å². The number of hydrogen-bond donors (Lipinski definition) is 2. The Morgan fingerprint density at radius 1 is 1.38 bits per heavy atom. The SMILES string of the molecule is CN(CC1CCC(=O)N1)C1CCCCC1O. The number of carbonyl (C=O) groups is 1. The molecule has 92 valence electrons. The second-order valence-corrected chi connectivity index (χ2v) is 5.16. The van der Waals surface area contributed by atoms with E-state index in [1.54, 1.807) is 0 Å². The van der Waals surface area contributed by atoms with Gasteiger partial charge in [0.25, 0.3) is 0 Å². The fourth-order valence-corrected chi connectivity index (χ4v) is 2.90. The van der Waals surface area contributed by atoms with E-state index in [9.17, 15) is 9.90 Å².